The first-order chi connectivity index (χ1) is 23.8. The highest BCUT2D eigenvalue weighted by Gasteiger charge is 2.16. The van der Waals surface area contributed by atoms with Crippen molar-refractivity contribution in [2.24, 2.45) is 5.92 Å². The number of pyridine rings is 2. The number of nitrogens with zero attached hydrogens (tertiary/aromatic N) is 6. The highest BCUT2D eigenvalue weighted by molar-refractivity contribution is 5.94. The predicted octanol–water partition coefficient (Wildman–Crippen LogP) is 8.22. The van der Waals surface area contributed by atoms with Gasteiger partial charge in [-0.15, -0.1) is 0 Å². The Morgan fingerprint density at radius 2 is 1.67 bits per heavy atom. The minimum atomic E-state index is 0.0420. The van der Waals surface area contributed by atoms with E-state index in [9.17, 15) is 4.79 Å². The molecule has 0 bridgehead atoms. The first-order valence-corrected chi connectivity index (χ1v) is 17.6. The zero-order valence-corrected chi connectivity index (χ0v) is 29.3. The highest BCUT2D eigenvalue weighted by Crippen LogP contribution is 2.24. The third kappa shape index (κ3) is 8.78. The first-order valence-electron chi connectivity index (χ1n) is 17.6. The molecule has 1 saturated heterocycles. The number of aromatic nitrogens is 4. The van der Waals surface area contributed by atoms with E-state index in [0.717, 1.165) is 65.4 Å². The van der Waals surface area contributed by atoms with Crippen LogP contribution in [0.5, 0.6) is 0 Å². The Kier molecular flexibility index (Phi) is 11.1. The summed E-state index contributed by atoms with van der Waals surface area (Å²) in [6.07, 6.45) is 13.5. The lowest BCUT2D eigenvalue weighted by molar-refractivity contribution is 0.0767. The van der Waals surface area contributed by atoms with E-state index >= 15 is 0 Å². The molecule has 252 valence electrons. The van der Waals surface area contributed by atoms with E-state index in [0.29, 0.717) is 31.1 Å². The van der Waals surface area contributed by atoms with Gasteiger partial charge in [0, 0.05) is 43.5 Å². The summed E-state index contributed by atoms with van der Waals surface area (Å²) < 4.78 is 2.18. The summed E-state index contributed by atoms with van der Waals surface area (Å²) in [5, 5.41) is 0. The van der Waals surface area contributed by atoms with Crippen molar-refractivity contribution in [1.82, 2.24) is 29.3 Å². The van der Waals surface area contributed by atoms with Crippen molar-refractivity contribution in [3.8, 4) is 0 Å². The molecule has 1 aliphatic heterocycles. The van der Waals surface area contributed by atoms with Gasteiger partial charge in [-0.2, -0.15) is 0 Å². The normalized spacial score (nSPS) is 14.0. The van der Waals surface area contributed by atoms with E-state index in [4.69, 9.17) is 4.98 Å². The average Bonchev–Trinajstić information content (AvgIpc) is 3.75. The van der Waals surface area contributed by atoms with E-state index in [1.165, 1.54) is 24.0 Å². The van der Waals surface area contributed by atoms with Crippen LogP contribution in [-0.4, -0.2) is 67.9 Å². The Hall–Kier alpha value is -4.88. The van der Waals surface area contributed by atoms with Crippen LogP contribution >= 0.6 is 0 Å². The number of hydrogen-bond acceptors (Lipinski definition) is 5. The topological polar surface area (TPSA) is 67.2 Å². The van der Waals surface area contributed by atoms with E-state index in [-0.39, 0.29) is 5.91 Å². The van der Waals surface area contributed by atoms with Crippen LogP contribution in [0.15, 0.2) is 97.3 Å². The summed E-state index contributed by atoms with van der Waals surface area (Å²) in [5.74, 6) is 1.48. The number of fused-ring (bicyclic) bond motifs is 1. The van der Waals surface area contributed by atoms with Crippen molar-refractivity contribution < 1.29 is 4.79 Å². The van der Waals surface area contributed by atoms with Crippen LogP contribution < -0.4 is 0 Å². The molecule has 1 fully saturated rings. The Bertz CT molecular complexity index is 1910. The van der Waals surface area contributed by atoms with Gasteiger partial charge in [0.25, 0.3) is 5.91 Å². The average molecular weight is 653 g/mol. The van der Waals surface area contributed by atoms with Crippen molar-refractivity contribution in [3.05, 3.63) is 137 Å². The van der Waals surface area contributed by atoms with Gasteiger partial charge in [0.2, 0.25) is 0 Å². The number of rotatable bonds is 13. The Morgan fingerprint density at radius 1 is 0.918 bits per heavy atom. The van der Waals surface area contributed by atoms with Gasteiger partial charge in [0.15, 0.2) is 0 Å². The molecular formula is C42H48N6O. The van der Waals surface area contributed by atoms with Gasteiger partial charge in [-0.25, -0.2) is 9.97 Å². The Balaban J connectivity index is 1.16. The summed E-state index contributed by atoms with van der Waals surface area (Å²) in [5.41, 5.74) is 9.21. The third-order valence-electron chi connectivity index (χ3n) is 9.32. The van der Waals surface area contributed by atoms with Crippen LogP contribution in [0.25, 0.3) is 22.7 Å². The summed E-state index contributed by atoms with van der Waals surface area (Å²) in [4.78, 5) is 32.2. The summed E-state index contributed by atoms with van der Waals surface area (Å²) in [6, 6.07) is 24.9. The zero-order valence-electron chi connectivity index (χ0n) is 29.3. The molecule has 0 aliphatic carbocycles. The summed E-state index contributed by atoms with van der Waals surface area (Å²) in [6.45, 7) is 13.7. The number of benzene rings is 2. The van der Waals surface area contributed by atoms with Gasteiger partial charge in [0.05, 0.1) is 23.1 Å². The molecule has 2 aromatic carbocycles. The minimum absolute atomic E-state index is 0.0420. The van der Waals surface area contributed by atoms with Crippen molar-refractivity contribution in [3.63, 3.8) is 0 Å². The van der Waals surface area contributed by atoms with Crippen molar-refractivity contribution in [1.29, 1.82) is 0 Å². The Morgan fingerprint density at radius 3 is 2.43 bits per heavy atom. The van der Waals surface area contributed by atoms with Crippen LogP contribution in [0.4, 0.5) is 0 Å². The number of hydrogen-bond donors (Lipinski definition) is 0. The molecule has 5 aromatic rings. The molecule has 0 radical (unpaired) electrons. The van der Waals surface area contributed by atoms with Gasteiger partial charge in [-0.1, -0.05) is 74.0 Å². The maximum absolute atomic E-state index is 13.8. The molecule has 6 rings (SSSR count). The van der Waals surface area contributed by atoms with E-state index in [2.05, 4.69) is 101 Å². The molecule has 4 heterocycles. The van der Waals surface area contributed by atoms with Crippen LogP contribution in [0.1, 0.15) is 77.4 Å². The van der Waals surface area contributed by atoms with Crippen LogP contribution in [0.3, 0.4) is 0 Å². The lowest BCUT2D eigenvalue weighted by Gasteiger charge is -2.22. The SMILES string of the molecule is Cc1ccc(C(=CCN2CCCC2)c2cccc(C=CCN(CCC(C)C)C(=O)c3ccc(Cn4c(C)nc5cnccc54)cc3)n2)cc1. The second-order valence-corrected chi connectivity index (χ2v) is 13.6. The van der Waals surface area contributed by atoms with E-state index < -0.39 is 0 Å². The lowest BCUT2D eigenvalue weighted by Crippen LogP contribution is -2.32. The fraction of sp³-hybridized carbons (Fsp3) is 0.333. The largest absolute Gasteiger partial charge is 0.335 e. The van der Waals surface area contributed by atoms with Crippen LogP contribution in [0.2, 0.25) is 0 Å². The summed E-state index contributed by atoms with van der Waals surface area (Å²) in [7, 11) is 0. The van der Waals surface area contributed by atoms with Gasteiger partial charge in [-0.3, -0.25) is 14.7 Å². The number of carbonyl (C=O) groups is 1. The molecule has 1 aliphatic rings. The third-order valence-corrected chi connectivity index (χ3v) is 9.32. The van der Waals surface area contributed by atoms with Crippen LogP contribution in [0, 0.1) is 19.8 Å². The molecule has 1 amide bonds. The number of carbonyl (C=O) groups excluding carboxylic acids is 1. The monoisotopic (exact) mass is 652 g/mol. The fourth-order valence-electron chi connectivity index (χ4n) is 6.39. The molecule has 0 N–H and O–H groups in total. The number of imidazole rings is 1. The van der Waals surface area contributed by atoms with Crippen LogP contribution in [-0.2, 0) is 6.54 Å². The summed E-state index contributed by atoms with van der Waals surface area (Å²) >= 11 is 0. The Labute approximate surface area is 291 Å². The lowest BCUT2D eigenvalue weighted by atomic mass is 10.00. The minimum Gasteiger partial charge on any atom is -0.335 e. The fourth-order valence-corrected chi connectivity index (χ4v) is 6.39. The number of aryl methyl sites for hydroxylation is 2. The first kappa shape index (κ1) is 34.0. The van der Waals surface area contributed by atoms with Crippen molar-refractivity contribution in [2.45, 2.75) is 53.5 Å². The van der Waals surface area contributed by atoms with Crippen molar-refractivity contribution >= 4 is 28.6 Å². The molecular weight excluding hydrogens is 605 g/mol. The smallest absolute Gasteiger partial charge is 0.254 e. The van der Waals surface area contributed by atoms with Crippen molar-refractivity contribution in [2.75, 3.05) is 32.7 Å². The maximum Gasteiger partial charge on any atom is 0.254 e. The molecule has 0 unspecified atom stereocenters. The standard InChI is InChI=1S/C42H48N6O/c1-31(2)21-28-47(42(49)36-18-14-34(15-19-36)30-48-33(4)44-40-29-43-23-20-41(40)48)26-8-10-37-9-7-11-39(45-37)38(22-27-46-24-5-6-25-46)35-16-12-32(3)13-17-35/h7-20,22-23,29,31H,5-6,21,24-28,30H2,1-4H3. The molecule has 0 saturated carbocycles. The molecule has 7 heteroatoms. The quantitative estimate of drug-likeness (QED) is 0.128. The predicted molar refractivity (Wildman–Crippen MR) is 200 cm³/mol. The van der Waals surface area contributed by atoms with E-state index in [1.807, 2.05) is 42.2 Å². The van der Waals surface area contributed by atoms with Gasteiger partial charge in [0.1, 0.15) is 11.3 Å². The molecule has 3 aromatic heterocycles. The molecule has 49 heavy (non-hydrogen) atoms. The second kappa shape index (κ2) is 16.0. The number of likely N-dealkylation sites (tertiary alicyclic amines) is 1. The highest BCUT2D eigenvalue weighted by atomic mass is 16.2. The van der Waals surface area contributed by atoms with Gasteiger partial charge in [-0.05, 0) is 99.7 Å². The molecule has 7 nitrogen and oxygen atoms in total. The molecule has 0 spiro atoms. The zero-order chi connectivity index (χ0) is 34.2. The van der Waals surface area contributed by atoms with E-state index in [1.54, 1.807) is 12.4 Å². The molecule has 0 atom stereocenters. The number of amides is 1. The second-order valence-electron chi connectivity index (χ2n) is 13.6. The van der Waals surface area contributed by atoms with Gasteiger partial charge >= 0.3 is 0 Å². The van der Waals surface area contributed by atoms with Gasteiger partial charge < -0.3 is 9.47 Å². The maximum atomic E-state index is 13.8.